The summed E-state index contributed by atoms with van der Waals surface area (Å²) in [5.74, 6) is -0.0342. The Balaban J connectivity index is 2.41. The summed E-state index contributed by atoms with van der Waals surface area (Å²) in [6.07, 6.45) is 0. The third kappa shape index (κ3) is 6.72. The van der Waals surface area contributed by atoms with Crippen molar-refractivity contribution in [3.05, 3.63) is 34.3 Å². The summed E-state index contributed by atoms with van der Waals surface area (Å²) in [5.41, 5.74) is 0.467. The lowest BCUT2D eigenvalue weighted by molar-refractivity contribution is -0.126. The van der Waals surface area contributed by atoms with Gasteiger partial charge in [-0.05, 0) is 20.8 Å². The van der Waals surface area contributed by atoms with Crippen LogP contribution in [0.2, 0.25) is 10.0 Å². The molecule has 11 heteroatoms. The Bertz CT molecular complexity index is 1020. The number of methoxy groups -OCH3 is 2. The fourth-order valence-corrected chi connectivity index (χ4v) is 3.20. The van der Waals surface area contributed by atoms with Crippen LogP contribution in [0.5, 0.6) is 23.0 Å². The monoisotopic (exact) mass is 497 g/mol. The molecular formula is C22H25Cl2N3O6. The van der Waals surface area contributed by atoms with Crippen LogP contribution in [0.4, 0.5) is 11.4 Å². The highest BCUT2D eigenvalue weighted by atomic mass is 35.5. The van der Waals surface area contributed by atoms with E-state index in [1.165, 1.54) is 33.3 Å². The van der Waals surface area contributed by atoms with E-state index in [-0.39, 0.29) is 11.4 Å². The lowest BCUT2D eigenvalue weighted by Gasteiger charge is -2.18. The lowest BCUT2D eigenvalue weighted by Crippen LogP contribution is -2.32. The summed E-state index contributed by atoms with van der Waals surface area (Å²) in [6.45, 7) is 5.45. The molecule has 0 fully saturated rings. The van der Waals surface area contributed by atoms with Crippen LogP contribution >= 0.6 is 23.2 Å². The first-order valence-electron chi connectivity index (χ1n) is 9.98. The zero-order valence-corrected chi connectivity index (χ0v) is 20.4. The Morgan fingerprint density at radius 3 is 2.00 bits per heavy atom. The molecule has 1 unspecified atom stereocenters. The van der Waals surface area contributed by atoms with E-state index in [2.05, 4.69) is 15.5 Å². The molecule has 1 atom stereocenters. The van der Waals surface area contributed by atoms with E-state index in [0.717, 1.165) is 0 Å². The van der Waals surface area contributed by atoms with Crippen molar-refractivity contribution in [1.29, 1.82) is 0 Å². The van der Waals surface area contributed by atoms with Gasteiger partial charge in [-0.25, -0.2) is 0 Å². The highest BCUT2D eigenvalue weighted by Crippen LogP contribution is 2.39. The average Bonchev–Trinajstić information content (AvgIpc) is 2.76. The molecule has 33 heavy (non-hydrogen) atoms. The number of nitrogens with zero attached hydrogens (tertiary/aromatic N) is 2. The van der Waals surface area contributed by atoms with Gasteiger partial charge in [-0.2, -0.15) is 10.2 Å². The van der Waals surface area contributed by atoms with Gasteiger partial charge in [0.2, 0.25) is 6.04 Å². The summed E-state index contributed by atoms with van der Waals surface area (Å²) in [4.78, 5) is 25.2. The number of rotatable bonds is 11. The minimum absolute atomic E-state index is 0.231. The molecule has 0 bridgehead atoms. The zero-order chi connectivity index (χ0) is 24.5. The van der Waals surface area contributed by atoms with Crippen molar-refractivity contribution in [2.75, 3.05) is 32.8 Å². The largest absolute Gasteiger partial charge is 0.495 e. The van der Waals surface area contributed by atoms with E-state index in [9.17, 15) is 9.59 Å². The molecule has 178 valence electrons. The van der Waals surface area contributed by atoms with Gasteiger partial charge < -0.3 is 24.3 Å². The minimum atomic E-state index is -1.45. The van der Waals surface area contributed by atoms with E-state index >= 15 is 0 Å². The summed E-state index contributed by atoms with van der Waals surface area (Å²) in [7, 11) is 2.87. The number of halogens is 2. The number of nitrogens with one attached hydrogen (secondary N) is 1. The normalized spacial score (nSPS) is 11.7. The summed E-state index contributed by atoms with van der Waals surface area (Å²) in [6, 6.07) is 4.61. The molecule has 0 heterocycles. The van der Waals surface area contributed by atoms with Gasteiger partial charge in [-0.1, -0.05) is 23.2 Å². The van der Waals surface area contributed by atoms with Crippen LogP contribution in [0.25, 0.3) is 0 Å². The third-order valence-electron chi connectivity index (χ3n) is 4.25. The number of Topliss-reactive ketones (excluding diaryl/α,β-unsaturated/α-hetero) is 1. The molecule has 2 aromatic carbocycles. The minimum Gasteiger partial charge on any atom is -0.495 e. The molecule has 0 spiro atoms. The second-order valence-corrected chi connectivity index (χ2v) is 7.36. The maximum atomic E-state index is 13.0. The van der Waals surface area contributed by atoms with E-state index < -0.39 is 17.7 Å². The highest BCUT2D eigenvalue weighted by molar-refractivity contribution is 6.32. The SMILES string of the molecule is CCOc1cc(Cl)cc(OCC)c1NC(=O)C(N=Nc1cc(OC)c(Cl)cc1OC)C(C)=O. The standard InChI is InChI=1S/C22H25Cl2N3O6/c1-6-32-18-8-13(23)9-19(33-7-2)21(18)25-22(29)20(12(3)28)27-26-15-11-16(30-4)14(24)10-17(15)31-5/h8-11,20H,6-7H2,1-5H3,(H,25,29). The van der Waals surface area contributed by atoms with Gasteiger partial charge in [0.05, 0.1) is 32.5 Å². The maximum absolute atomic E-state index is 13.0. The van der Waals surface area contributed by atoms with Crippen molar-refractivity contribution in [2.24, 2.45) is 10.2 Å². The van der Waals surface area contributed by atoms with Crippen LogP contribution in [-0.2, 0) is 9.59 Å². The molecule has 0 aliphatic carbocycles. The van der Waals surface area contributed by atoms with Gasteiger partial charge in [0.25, 0.3) is 5.91 Å². The Morgan fingerprint density at radius 2 is 1.52 bits per heavy atom. The molecule has 0 aliphatic heterocycles. The van der Waals surface area contributed by atoms with Crippen LogP contribution in [0.15, 0.2) is 34.5 Å². The zero-order valence-electron chi connectivity index (χ0n) is 18.9. The average molecular weight is 498 g/mol. The van der Waals surface area contributed by atoms with E-state index in [1.807, 2.05) is 0 Å². The molecular weight excluding hydrogens is 473 g/mol. The number of amides is 1. The predicted molar refractivity (Wildman–Crippen MR) is 126 cm³/mol. The lowest BCUT2D eigenvalue weighted by atomic mass is 10.2. The second-order valence-electron chi connectivity index (χ2n) is 6.52. The number of anilines is 1. The van der Waals surface area contributed by atoms with Crippen molar-refractivity contribution in [3.8, 4) is 23.0 Å². The van der Waals surface area contributed by atoms with Crippen LogP contribution in [-0.4, -0.2) is 45.2 Å². The van der Waals surface area contributed by atoms with Gasteiger partial charge in [-0.3, -0.25) is 9.59 Å². The summed E-state index contributed by atoms with van der Waals surface area (Å²) < 4.78 is 21.6. The van der Waals surface area contributed by atoms with Gasteiger partial charge in [0.15, 0.2) is 5.78 Å². The highest BCUT2D eigenvalue weighted by Gasteiger charge is 2.26. The Labute approximate surface area is 202 Å². The van der Waals surface area contributed by atoms with Crippen molar-refractivity contribution >= 4 is 46.3 Å². The summed E-state index contributed by atoms with van der Waals surface area (Å²) >= 11 is 12.2. The smallest absolute Gasteiger partial charge is 0.259 e. The quantitative estimate of drug-likeness (QED) is 0.324. The fraction of sp³-hybridized carbons (Fsp3) is 0.364. The van der Waals surface area contributed by atoms with Crippen molar-refractivity contribution in [3.63, 3.8) is 0 Å². The first kappa shape index (κ1) is 26.2. The van der Waals surface area contributed by atoms with Gasteiger partial charge in [0, 0.05) is 29.3 Å². The molecule has 1 N–H and O–H groups in total. The fourth-order valence-electron chi connectivity index (χ4n) is 2.77. The van der Waals surface area contributed by atoms with Crippen molar-refractivity contribution < 1.29 is 28.5 Å². The number of benzene rings is 2. The second kappa shape index (κ2) is 12.3. The third-order valence-corrected chi connectivity index (χ3v) is 4.76. The topological polar surface area (TPSA) is 108 Å². The first-order valence-corrected chi connectivity index (χ1v) is 10.7. The molecule has 0 radical (unpaired) electrons. The molecule has 0 saturated carbocycles. The van der Waals surface area contributed by atoms with Gasteiger partial charge in [0.1, 0.15) is 34.4 Å². The number of hydrogen-bond acceptors (Lipinski definition) is 8. The van der Waals surface area contributed by atoms with Crippen molar-refractivity contribution in [1.82, 2.24) is 0 Å². The summed E-state index contributed by atoms with van der Waals surface area (Å²) in [5, 5.41) is 11.3. The van der Waals surface area contributed by atoms with Crippen LogP contribution < -0.4 is 24.3 Å². The maximum Gasteiger partial charge on any atom is 0.259 e. The molecule has 0 saturated heterocycles. The number of carbonyl (C=O) groups excluding carboxylic acids is 2. The van der Waals surface area contributed by atoms with E-state index in [1.54, 1.807) is 26.0 Å². The molecule has 0 aliphatic rings. The molecule has 9 nitrogen and oxygen atoms in total. The van der Waals surface area contributed by atoms with Gasteiger partial charge in [-0.15, -0.1) is 0 Å². The Morgan fingerprint density at radius 1 is 0.939 bits per heavy atom. The number of ether oxygens (including phenoxy) is 4. The van der Waals surface area contributed by atoms with Crippen LogP contribution in [0.1, 0.15) is 20.8 Å². The molecule has 2 rings (SSSR count). The van der Waals surface area contributed by atoms with Gasteiger partial charge >= 0.3 is 0 Å². The number of azo groups is 1. The number of carbonyl (C=O) groups is 2. The first-order chi connectivity index (χ1) is 15.7. The predicted octanol–water partition coefficient (Wildman–Crippen LogP) is 5.49. The van der Waals surface area contributed by atoms with E-state index in [0.29, 0.717) is 46.3 Å². The van der Waals surface area contributed by atoms with Crippen LogP contribution in [0, 0.1) is 0 Å². The number of ketones is 1. The van der Waals surface area contributed by atoms with Crippen molar-refractivity contribution in [2.45, 2.75) is 26.8 Å². The Hall–Kier alpha value is -3.04. The van der Waals surface area contributed by atoms with Crippen LogP contribution in [0.3, 0.4) is 0 Å². The molecule has 0 aromatic heterocycles. The van der Waals surface area contributed by atoms with E-state index in [4.69, 9.17) is 42.1 Å². The number of hydrogen-bond donors (Lipinski definition) is 1. The molecule has 2 aromatic rings. The molecule has 1 amide bonds. The Kier molecular flexibility index (Phi) is 9.74.